The van der Waals surface area contributed by atoms with Crippen molar-refractivity contribution < 1.29 is 9.53 Å². The van der Waals surface area contributed by atoms with E-state index in [1.54, 1.807) is 0 Å². The van der Waals surface area contributed by atoms with Crippen LogP contribution in [0.15, 0.2) is 42.5 Å². The molecule has 1 saturated heterocycles. The highest BCUT2D eigenvalue weighted by atomic mass is 16.5. The van der Waals surface area contributed by atoms with Crippen molar-refractivity contribution >= 4 is 5.91 Å². The summed E-state index contributed by atoms with van der Waals surface area (Å²) in [5.41, 5.74) is 5.01. The van der Waals surface area contributed by atoms with E-state index in [1.807, 2.05) is 23.1 Å². The molecule has 0 atom stereocenters. The Hall–Kier alpha value is -2.33. The van der Waals surface area contributed by atoms with Crippen LogP contribution in [0, 0.1) is 5.92 Å². The lowest BCUT2D eigenvalue weighted by Gasteiger charge is -2.33. The first kappa shape index (κ1) is 19.6. The van der Waals surface area contributed by atoms with E-state index in [9.17, 15) is 4.79 Å². The number of carbonyl (C=O) groups excluding carboxylic acids is 1. The van der Waals surface area contributed by atoms with Crippen molar-refractivity contribution in [1.82, 2.24) is 9.80 Å². The molecule has 0 aromatic heterocycles. The molecule has 2 aliphatic heterocycles. The van der Waals surface area contributed by atoms with Gasteiger partial charge in [-0.05, 0) is 86.4 Å². The van der Waals surface area contributed by atoms with Gasteiger partial charge in [-0.25, -0.2) is 0 Å². The molecule has 1 fully saturated rings. The van der Waals surface area contributed by atoms with Gasteiger partial charge in [-0.2, -0.15) is 0 Å². The summed E-state index contributed by atoms with van der Waals surface area (Å²) in [4.78, 5) is 17.2. The molecule has 2 heterocycles. The maximum absolute atomic E-state index is 12.6. The van der Waals surface area contributed by atoms with E-state index in [2.05, 4.69) is 29.2 Å². The average molecular weight is 405 g/mol. The summed E-state index contributed by atoms with van der Waals surface area (Å²) in [7, 11) is 0. The Morgan fingerprint density at radius 1 is 0.933 bits per heavy atom. The summed E-state index contributed by atoms with van der Waals surface area (Å²) in [6, 6.07) is 14.6. The SMILES string of the molecule is O=C1c2ccccc2CN1CC1CCN(CCOc2cccc3c2CCCC3)CC1. The maximum atomic E-state index is 12.6. The number of fused-ring (bicyclic) bond motifs is 2. The summed E-state index contributed by atoms with van der Waals surface area (Å²) in [5, 5.41) is 0. The highest BCUT2D eigenvalue weighted by Gasteiger charge is 2.30. The van der Waals surface area contributed by atoms with Crippen molar-refractivity contribution in [3.63, 3.8) is 0 Å². The van der Waals surface area contributed by atoms with E-state index in [0.29, 0.717) is 5.92 Å². The fourth-order valence-corrected chi connectivity index (χ4v) is 5.33. The number of rotatable bonds is 6. The highest BCUT2D eigenvalue weighted by Crippen LogP contribution is 2.30. The van der Waals surface area contributed by atoms with Crippen molar-refractivity contribution in [2.24, 2.45) is 5.92 Å². The minimum Gasteiger partial charge on any atom is -0.492 e. The summed E-state index contributed by atoms with van der Waals surface area (Å²) in [6.07, 6.45) is 7.29. The number of ether oxygens (including phenoxy) is 1. The van der Waals surface area contributed by atoms with Crippen LogP contribution in [0.3, 0.4) is 0 Å². The van der Waals surface area contributed by atoms with Gasteiger partial charge >= 0.3 is 0 Å². The quantitative estimate of drug-likeness (QED) is 0.719. The van der Waals surface area contributed by atoms with Crippen LogP contribution in [0.5, 0.6) is 5.75 Å². The molecule has 3 aliphatic rings. The second-order valence-electron chi connectivity index (χ2n) is 9.08. The zero-order valence-corrected chi connectivity index (χ0v) is 17.8. The fraction of sp³-hybridized carbons (Fsp3) is 0.500. The van der Waals surface area contributed by atoms with Gasteiger partial charge in [-0.3, -0.25) is 9.69 Å². The van der Waals surface area contributed by atoms with E-state index in [0.717, 1.165) is 57.1 Å². The molecule has 4 nitrogen and oxygen atoms in total. The Labute approximate surface area is 179 Å². The molecule has 0 N–H and O–H groups in total. The smallest absolute Gasteiger partial charge is 0.254 e. The molecule has 0 bridgehead atoms. The van der Waals surface area contributed by atoms with E-state index in [-0.39, 0.29) is 5.91 Å². The van der Waals surface area contributed by atoms with E-state index < -0.39 is 0 Å². The topological polar surface area (TPSA) is 32.8 Å². The lowest BCUT2D eigenvalue weighted by atomic mass is 9.91. The van der Waals surface area contributed by atoms with Crippen molar-refractivity contribution in [1.29, 1.82) is 0 Å². The number of aryl methyl sites for hydroxylation is 1. The molecule has 0 radical (unpaired) electrons. The van der Waals surface area contributed by atoms with Crippen LogP contribution >= 0.6 is 0 Å². The van der Waals surface area contributed by atoms with Crippen LogP contribution < -0.4 is 4.74 Å². The third-order valence-corrected chi connectivity index (χ3v) is 7.10. The van der Waals surface area contributed by atoms with Crippen LogP contribution in [-0.2, 0) is 19.4 Å². The molecular formula is C26H32N2O2. The van der Waals surface area contributed by atoms with Gasteiger partial charge in [0.1, 0.15) is 12.4 Å². The lowest BCUT2D eigenvalue weighted by Crippen LogP contribution is -2.40. The van der Waals surface area contributed by atoms with Gasteiger partial charge in [0.15, 0.2) is 0 Å². The first-order valence-corrected chi connectivity index (χ1v) is 11.6. The number of likely N-dealkylation sites (tertiary alicyclic amines) is 1. The number of nitrogens with zero attached hydrogens (tertiary/aromatic N) is 2. The zero-order valence-electron chi connectivity index (χ0n) is 17.8. The van der Waals surface area contributed by atoms with Crippen LogP contribution in [0.25, 0.3) is 0 Å². The van der Waals surface area contributed by atoms with Crippen molar-refractivity contribution in [3.8, 4) is 5.75 Å². The average Bonchev–Trinajstić information content (AvgIpc) is 3.10. The van der Waals surface area contributed by atoms with Crippen molar-refractivity contribution in [2.45, 2.75) is 45.1 Å². The molecule has 0 saturated carbocycles. The normalized spacial score (nSPS) is 19.6. The summed E-state index contributed by atoms with van der Waals surface area (Å²) in [5.74, 6) is 1.93. The van der Waals surface area contributed by atoms with E-state index in [1.165, 1.54) is 48.8 Å². The molecule has 2 aromatic rings. The Bertz CT molecular complexity index is 902. The van der Waals surface area contributed by atoms with Gasteiger partial charge in [0.2, 0.25) is 0 Å². The predicted octanol–water partition coefficient (Wildman–Crippen LogP) is 4.31. The van der Waals surface area contributed by atoms with Crippen LogP contribution in [0.1, 0.15) is 52.7 Å². The molecule has 158 valence electrons. The number of piperidine rings is 1. The second-order valence-corrected chi connectivity index (χ2v) is 9.08. The van der Waals surface area contributed by atoms with Gasteiger partial charge in [-0.15, -0.1) is 0 Å². The first-order valence-electron chi connectivity index (χ1n) is 11.6. The largest absolute Gasteiger partial charge is 0.492 e. The number of benzene rings is 2. The van der Waals surface area contributed by atoms with Gasteiger partial charge in [0.25, 0.3) is 5.91 Å². The van der Waals surface area contributed by atoms with Gasteiger partial charge < -0.3 is 9.64 Å². The minimum atomic E-state index is 0.215. The summed E-state index contributed by atoms with van der Waals surface area (Å²) >= 11 is 0. The molecular weight excluding hydrogens is 372 g/mol. The second kappa shape index (κ2) is 8.81. The van der Waals surface area contributed by atoms with Crippen LogP contribution in [-0.4, -0.2) is 48.5 Å². The molecule has 0 spiro atoms. The van der Waals surface area contributed by atoms with Crippen LogP contribution in [0.4, 0.5) is 0 Å². The molecule has 0 unspecified atom stereocenters. The van der Waals surface area contributed by atoms with Crippen molar-refractivity contribution in [3.05, 3.63) is 64.7 Å². The lowest BCUT2D eigenvalue weighted by molar-refractivity contribution is 0.0708. The third-order valence-electron chi connectivity index (χ3n) is 7.10. The Morgan fingerprint density at radius 2 is 1.73 bits per heavy atom. The molecule has 5 rings (SSSR count). The first-order chi connectivity index (χ1) is 14.8. The van der Waals surface area contributed by atoms with Crippen LogP contribution in [0.2, 0.25) is 0 Å². The Kier molecular flexibility index (Phi) is 5.76. The summed E-state index contributed by atoms with van der Waals surface area (Å²) in [6.45, 7) is 5.65. The molecule has 2 aromatic carbocycles. The maximum Gasteiger partial charge on any atom is 0.254 e. The number of hydrogen-bond acceptors (Lipinski definition) is 3. The van der Waals surface area contributed by atoms with E-state index in [4.69, 9.17) is 4.74 Å². The Morgan fingerprint density at radius 3 is 2.60 bits per heavy atom. The Balaban J connectivity index is 1.06. The molecule has 30 heavy (non-hydrogen) atoms. The van der Waals surface area contributed by atoms with Gasteiger partial charge in [0.05, 0.1) is 0 Å². The minimum absolute atomic E-state index is 0.215. The van der Waals surface area contributed by atoms with Gasteiger partial charge in [-0.1, -0.05) is 30.3 Å². The monoisotopic (exact) mass is 404 g/mol. The number of hydrogen-bond donors (Lipinski definition) is 0. The number of carbonyl (C=O) groups is 1. The zero-order chi connectivity index (χ0) is 20.3. The standard InChI is InChI=1S/C26H32N2O2/c29-26-24-10-4-2-7-22(24)19-28(26)18-20-12-14-27(15-13-20)16-17-30-25-11-5-8-21-6-1-3-9-23(21)25/h2,4-5,7-8,10-11,20H,1,3,6,9,12-19H2. The molecule has 4 heteroatoms. The summed E-state index contributed by atoms with van der Waals surface area (Å²) < 4.78 is 6.20. The molecule has 1 amide bonds. The third kappa shape index (κ3) is 4.11. The van der Waals surface area contributed by atoms with Gasteiger partial charge in [0, 0.05) is 25.2 Å². The highest BCUT2D eigenvalue weighted by molar-refractivity contribution is 5.98. The molecule has 1 aliphatic carbocycles. The predicted molar refractivity (Wildman–Crippen MR) is 119 cm³/mol. The number of amides is 1. The van der Waals surface area contributed by atoms with Crippen molar-refractivity contribution in [2.75, 3.05) is 32.8 Å². The fourth-order valence-electron chi connectivity index (χ4n) is 5.33. The van der Waals surface area contributed by atoms with E-state index >= 15 is 0 Å².